The summed E-state index contributed by atoms with van der Waals surface area (Å²) in [6.07, 6.45) is 13.9. The van der Waals surface area contributed by atoms with E-state index in [1.165, 1.54) is 43.4 Å². The van der Waals surface area contributed by atoms with Gasteiger partial charge in [0.15, 0.2) is 0 Å². The van der Waals surface area contributed by atoms with Crippen LogP contribution in [0.4, 0.5) is 0 Å². The zero-order valence-electron chi connectivity index (χ0n) is 15.3. The van der Waals surface area contributed by atoms with Gasteiger partial charge < -0.3 is 0 Å². The van der Waals surface area contributed by atoms with Crippen LogP contribution >= 0.6 is 22.6 Å². The van der Waals surface area contributed by atoms with Crippen molar-refractivity contribution in [1.82, 2.24) is 0 Å². The molecular formula is C25H23I. The number of hydrogen-bond donors (Lipinski definition) is 0. The van der Waals surface area contributed by atoms with Crippen LogP contribution in [0.3, 0.4) is 0 Å². The van der Waals surface area contributed by atoms with Gasteiger partial charge in [0.25, 0.3) is 0 Å². The van der Waals surface area contributed by atoms with E-state index in [2.05, 4.69) is 103 Å². The third-order valence-corrected chi connectivity index (χ3v) is 7.35. The second-order valence-corrected chi connectivity index (χ2v) is 9.74. The minimum atomic E-state index is 0.185. The topological polar surface area (TPSA) is 0 Å². The first-order valence-electron chi connectivity index (χ1n) is 9.53. The van der Waals surface area contributed by atoms with Crippen molar-refractivity contribution >= 4 is 28.7 Å². The van der Waals surface area contributed by atoms with Gasteiger partial charge in [-0.3, -0.25) is 0 Å². The highest BCUT2D eigenvalue weighted by molar-refractivity contribution is 14.1. The van der Waals surface area contributed by atoms with E-state index in [9.17, 15) is 0 Å². The highest BCUT2D eigenvalue weighted by Gasteiger charge is 2.44. The fraction of sp³-hybridized carbons (Fsp3) is 0.280. The van der Waals surface area contributed by atoms with Crippen LogP contribution in [0.1, 0.15) is 48.4 Å². The number of benzene rings is 2. The molecule has 0 aromatic heterocycles. The van der Waals surface area contributed by atoms with Crippen molar-refractivity contribution in [2.75, 3.05) is 0 Å². The molecule has 0 radical (unpaired) electrons. The minimum Gasteiger partial charge on any atom is -0.0796 e. The van der Waals surface area contributed by atoms with Gasteiger partial charge >= 0.3 is 0 Å². The van der Waals surface area contributed by atoms with Crippen molar-refractivity contribution < 1.29 is 0 Å². The van der Waals surface area contributed by atoms with E-state index in [1.807, 2.05) is 0 Å². The Kier molecular flexibility index (Phi) is 3.79. The fourth-order valence-electron chi connectivity index (χ4n) is 5.00. The van der Waals surface area contributed by atoms with Gasteiger partial charge in [0, 0.05) is 5.92 Å². The molecule has 3 aliphatic rings. The van der Waals surface area contributed by atoms with Gasteiger partial charge in [0.1, 0.15) is 0 Å². The predicted octanol–water partition coefficient (Wildman–Crippen LogP) is 7.19. The molecule has 0 aliphatic heterocycles. The normalized spacial score (nSPS) is 24.7. The molecule has 2 aromatic rings. The van der Waals surface area contributed by atoms with E-state index in [0.717, 1.165) is 6.42 Å². The molecule has 0 bridgehead atoms. The molecule has 0 nitrogen and oxygen atoms in total. The van der Waals surface area contributed by atoms with Crippen LogP contribution in [0.15, 0.2) is 64.3 Å². The molecule has 2 aromatic carbocycles. The van der Waals surface area contributed by atoms with Crippen molar-refractivity contribution in [3.8, 4) is 11.1 Å². The molecule has 130 valence electrons. The van der Waals surface area contributed by atoms with Crippen LogP contribution in [0.2, 0.25) is 0 Å². The Labute approximate surface area is 169 Å². The summed E-state index contributed by atoms with van der Waals surface area (Å²) in [6, 6.07) is 14.2. The number of rotatable bonds is 1. The summed E-state index contributed by atoms with van der Waals surface area (Å²) in [5.41, 5.74) is 8.82. The van der Waals surface area contributed by atoms with Crippen LogP contribution in [0.25, 0.3) is 17.2 Å². The fourth-order valence-corrected chi connectivity index (χ4v) is 5.60. The first-order chi connectivity index (χ1) is 12.5. The van der Waals surface area contributed by atoms with E-state index in [4.69, 9.17) is 0 Å². The quantitative estimate of drug-likeness (QED) is 0.404. The van der Waals surface area contributed by atoms with Gasteiger partial charge in [-0.15, -0.1) is 0 Å². The van der Waals surface area contributed by atoms with E-state index >= 15 is 0 Å². The third kappa shape index (κ3) is 2.47. The lowest BCUT2D eigenvalue weighted by atomic mass is 9.74. The van der Waals surface area contributed by atoms with Crippen molar-refractivity contribution in [3.63, 3.8) is 0 Å². The van der Waals surface area contributed by atoms with Crippen LogP contribution in [-0.4, -0.2) is 0 Å². The maximum atomic E-state index is 2.46. The summed E-state index contributed by atoms with van der Waals surface area (Å²) >= 11 is 2.46. The molecule has 0 spiro atoms. The van der Waals surface area contributed by atoms with Crippen molar-refractivity contribution in [1.29, 1.82) is 0 Å². The number of fused-ring (bicyclic) bond motifs is 4. The summed E-state index contributed by atoms with van der Waals surface area (Å²) in [5.74, 6) is 1.11. The van der Waals surface area contributed by atoms with Gasteiger partial charge in [-0.2, -0.15) is 0 Å². The van der Waals surface area contributed by atoms with Crippen molar-refractivity contribution in [2.45, 2.75) is 38.0 Å². The molecule has 26 heavy (non-hydrogen) atoms. The SMILES string of the molecule is CC1(C)c2cc(-c3ccc4c(c3)CCC(I)=C4)ccc2C2C=CC=CC21. The Hall–Kier alpha value is -1.61. The Balaban J connectivity index is 1.60. The molecule has 0 saturated heterocycles. The highest BCUT2D eigenvalue weighted by Crippen LogP contribution is 2.53. The third-order valence-electron chi connectivity index (χ3n) is 6.50. The van der Waals surface area contributed by atoms with Gasteiger partial charge in [-0.25, -0.2) is 0 Å². The lowest BCUT2D eigenvalue weighted by Gasteiger charge is -2.29. The summed E-state index contributed by atoms with van der Waals surface area (Å²) in [7, 11) is 0. The molecule has 3 aliphatic carbocycles. The van der Waals surface area contributed by atoms with Crippen LogP contribution in [0, 0.1) is 5.92 Å². The largest absolute Gasteiger partial charge is 0.0796 e. The molecule has 5 rings (SSSR count). The van der Waals surface area contributed by atoms with Gasteiger partial charge in [0.2, 0.25) is 0 Å². The molecular weight excluding hydrogens is 427 g/mol. The van der Waals surface area contributed by atoms with Crippen LogP contribution < -0.4 is 0 Å². The zero-order chi connectivity index (χ0) is 17.9. The maximum absolute atomic E-state index is 2.46. The van der Waals surface area contributed by atoms with Gasteiger partial charge in [-0.05, 0) is 89.8 Å². The van der Waals surface area contributed by atoms with Crippen molar-refractivity contribution in [2.24, 2.45) is 5.92 Å². The Morgan fingerprint density at radius 2 is 1.69 bits per heavy atom. The standard InChI is InChI=1S/C25H23I/c1-25(2)23-6-4-3-5-21(23)22-12-10-19(15-24(22)25)16-7-8-18-14-20(26)11-9-17(18)13-16/h3-8,10,12-15,21,23H,9,11H2,1-2H3. The second kappa shape index (κ2) is 5.95. The predicted molar refractivity (Wildman–Crippen MR) is 120 cm³/mol. The molecule has 0 amide bonds. The number of hydrogen-bond acceptors (Lipinski definition) is 0. The van der Waals surface area contributed by atoms with E-state index < -0.39 is 0 Å². The Morgan fingerprint density at radius 1 is 0.923 bits per heavy atom. The van der Waals surface area contributed by atoms with Crippen LogP contribution in [-0.2, 0) is 11.8 Å². The second-order valence-electron chi connectivity index (χ2n) is 8.35. The number of halogens is 1. The summed E-state index contributed by atoms with van der Waals surface area (Å²) in [4.78, 5) is 0. The monoisotopic (exact) mass is 450 g/mol. The molecule has 0 N–H and O–H groups in total. The molecule has 2 atom stereocenters. The minimum absolute atomic E-state index is 0.185. The average molecular weight is 450 g/mol. The highest BCUT2D eigenvalue weighted by atomic mass is 127. The van der Waals surface area contributed by atoms with E-state index in [0.29, 0.717) is 11.8 Å². The Bertz CT molecular complexity index is 987. The van der Waals surface area contributed by atoms with E-state index in [-0.39, 0.29) is 5.41 Å². The summed E-state index contributed by atoms with van der Waals surface area (Å²) < 4.78 is 1.46. The summed E-state index contributed by atoms with van der Waals surface area (Å²) in [6.45, 7) is 4.81. The molecule has 1 heteroatoms. The van der Waals surface area contributed by atoms with Crippen molar-refractivity contribution in [3.05, 3.63) is 86.5 Å². The lowest BCUT2D eigenvalue weighted by Crippen LogP contribution is -2.24. The first kappa shape index (κ1) is 16.6. The smallest absolute Gasteiger partial charge is 0.00953 e. The molecule has 0 heterocycles. The lowest BCUT2D eigenvalue weighted by molar-refractivity contribution is 0.394. The molecule has 0 saturated carbocycles. The van der Waals surface area contributed by atoms with E-state index in [1.54, 1.807) is 0 Å². The molecule has 0 fully saturated rings. The Morgan fingerprint density at radius 3 is 2.58 bits per heavy atom. The van der Waals surface area contributed by atoms with Gasteiger partial charge in [-0.1, -0.05) is 74.5 Å². The first-order valence-corrected chi connectivity index (χ1v) is 10.6. The molecule has 2 unspecified atom stereocenters. The van der Waals surface area contributed by atoms with Gasteiger partial charge in [0.05, 0.1) is 0 Å². The summed E-state index contributed by atoms with van der Waals surface area (Å²) in [5, 5.41) is 0. The number of aryl methyl sites for hydroxylation is 1. The maximum Gasteiger partial charge on any atom is 0.00953 e. The zero-order valence-corrected chi connectivity index (χ0v) is 17.5. The average Bonchev–Trinajstić information content (AvgIpc) is 2.89. The van der Waals surface area contributed by atoms with Crippen LogP contribution in [0.5, 0.6) is 0 Å². The number of allylic oxidation sites excluding steroid dienone is 5.